The SMILES string of the molecule is CC(C)c1nnc2sc(C3CCCC3CN)nn12. The van der Waals surface area contributed by atoms with Gasteiger partial charge in [-0.25, -0.2) is 0 Å². The summed E-state index contributed by atoms with van der Waals surface area (Å²) in [6.07, 6.45) is 3.71. The first kappa shape index (κ1) is 12.0. The number of nitrogens with zero attached hydrogens (tertiary/aromatic N) is 4. The molecular weight excluding hydrogens is 246 g/mol. The monoisotopic (exact) mass is 265 g/mol. The van der Waals surface area contributed by atoms with Crippen molar-refractivity contribution < 1.29 is 0 Å². The Morgan fingerprint density at radius 1 is 1.39 bits per heavy atom. The van der Waals surface area contributed by atoms with Gasteiger partial charge in [0.25, 0.3) is 0 Å². The van der Waals surface area contributed by atoms with Gasteiger partial charge < -0.3 is 5.73 Å². The van der Waals surface area contributed by atoms with Crippen LogP contribution in [0.15, 0.2) is 0 Å². The van der Waals surface area contributed by atoms with Crippen LogP contribution in [0, 0.1) is 5.92 Å². The van der Waals surface area contributed by atoms with E-state index in [0.29, 0.717) is 17.8 Å². The summed E-state index contributed by atoms with van der Waals surface area (Å²) in [7, 11) is 0. The molecule has 1 saturated carbocycles. The van der Waals surface area contributed by atoms with Crippen LogP contribution in [0.3, 0.4) is 0 Å². The Labute approximate surface area is 110 Å². The van der Waals surface area contributed by atoms with Gasteiger partial charge >= 0.3 is 0 Å². The molecule has 2 aromatic heterocycles. The number of nitrogens with two attached hydrogens (primary N) is 1. The van der Waals surface area contributed by atoms with E-state index in [1.54, 1.807) is 11.3 Å². The van der Waals surface area contributed by atoms with Crippen LogP contribution in [0.1, 0.15) is 55.8 Å². The fraction of sp³-hybridized carbons (Fsp3) is 0.750. The van der Waals surface area contributed by atoms with Gasteiger partial charge in [-0.2, -0.15) is 9.61 Å². The lowest BCUT2D eigenvalue weighted by Crippen LogP contribution is -2.17. The number of aromatic nitrogens is 4. The Balaban J connectivity index is 1.98. The van der Waals surface area contributed by atoms with Crippen LogP contribution in [0.2, 0.25) is 0 Å². The van der Waals surface area contributed by atoms with Gasteiger partial charge in [0.05, 0.1) is 0 Å². The molecule has 0 saturated heterocycles. The molecule has 0 aromatic carbocycles. The van der Waals surface area contributed by atoms with Crippen molar-refractivity contribution >= 4 is 16.3 Å². The molecule has 2 N–H and O–H groups in total. The summed E-state index contributed by atoms with van der Waals surface area (Å²) in [6.45, 7) is 5.00. The minimum absolute atomic E-state index is 0.351. The average Bonchev–Trinajstić information content (AvgIpc) is 3.01. The van der Waals surface area contributed by atoms with Gasteiger partial charge in [0.15, 0.2) is 5.82 Å². The summed E-state index contributed by atoms with van der Waals surface area (Å²) < 4.78 is 1.91. The molecule has 0 aliphatic heterocycles. The molecule has 6 heteroatoms. The lowest BCUT2D eigenvalue weighted by atomic mass is 9.97. The lowest BCUT2D eigenvalue weighted by Gasteiger charge is -2.13. The maximum atomic E-state index is 5.85. The van der Waals surface area contributed by atoms with Crippen molar-refractivity contribution in [1.82, 2.24) is 19.8 Å². The third-order valence-electron chi connectivity index (χ3n) is 3.83. The van der Waals surface area contributed by atoms with Crippen molar-refractivity contribution in [3.05, 3.63) is 10.8 Å². The third-order valence-corrected chi connectivity index (χ3v) is 4.86. The first-order valence-electron chi connectivity index (χ1n) is 6.62. The highest BCUT2D eigenvalue weighted by molar-refractivity contribution is 7.16. The van der Waals surface area contributed by atoms with Crippen molar-refractivity contribution in [2.75, 3.05) is 6.54 Å². The molecule has 98 valence electrons. The second-order valence-electron chi connectivity index (χ2n) is 5.38. The minimum Gasteiger partial charge on any atom is -0.330 e. The fourth-order valence-corrected chi connectivity index (χ4v) is 3.87. The molecule has 2 heterocycles. The first-order valence-corrected chi connectivity index (χ1v) is 7.44. The highest BCUT2D eigenvalue weighted by Gasteiger charge is 2.31. The topological polar surface area (TPSA) is 69.1 Å². The molecule has 1 aliphatic rings. The van der Waals surface area contributed by atoms with Crippen LogP contribution in [0.25, 0.3) is 4.96 Å². The second-order valence-corrected chi connectivity index (χ2v) is 6.37. The molecule has 1 fully saturated rings. The Bertz CT molecular complexity index is 544. The van der Waals surface area contributed by atoms with E-state index in [4.69, 9.17) is 10.8 Å². The Hall–Kier alpha value is -1.01. The molecule has 5 nitrogen and oxygen atoms in total. The molecule has 18 heavy (non-hydrogen) atoms. The molecule has 1 aliphatic carbocycles. The zero-order valence-corrected chi connectivity index (χ0v) is 11.7. The molecule has 0 bridgehead atoms. The van der Waals surface area contributed by atoms with Crippen LogP contribution in [0.5, 0.6) is 0 Å². The minimum atomic E-state index is 0.351. The molecule has 0 radical (unpaired) electrons. The molecule has 0 spiro atoms. The molecule has 2 atom stereocenters. The van der Waals surface area contributed by atoms with E-state index in [9.17, 15) is 0 Å². The molecule has 2 unspecified atom stereocenters. The van der Waals surface area contributed by atoms with Gasteiger partial charge in [-0.3, -0.25) is 0 Å². The van der Waals surface area contributed by atoms with Gasteiger partial charge in [0.2, 0.25) is 4.96 Å². The van der Waals surface area contributed by atoms with Gasteiger partial charge in [-0.1, -0.05) is 31.6 Å². The van der Waals surface area contributed by atoms with Crippen LogP contribution < -0.4 is 5.73 Å². The highest BCUT2D eigenvalue weighted by Crippen LogP contribution is 2.40. The number of hydrogen-bond donors (Lipinski definition) is 1. The van der Waals surface area contributed by atoms with Crippen molar-refractivity contribution in [3.8, 4) is 0 Å². The van der Waals surface area contributed by atoms with E-state index in [2.05, 4.69) is 24.0 Å². The molecule has 3 rings (SSSR count). The number of hydrogen-bond acceptors (Lipinski definition) is 5. The van der Waals surface area contributed by atoms with Gasteiger partial charge in [0, 0.05) is 11.8 Å². The summed E-state index contributed by atoms with van der Waals surface area (Å²) in [4.78, 5) is 0.913. The molecule has 2 aromatic rings. The predicted octanol–water partition coefficient (Wildman–Crippen LogP) is 2.15. The van der Waals surface area contributed by atoms with Crippen molar-refractivity contribution in [1.29, 1.82) is 0 Å². The summed E-state index contributed by atoms with van der Waals surface area (Å²) in [5.41, 5.74) is 5.85. The van der Waals surface area contributed by atoms with Crippen molar-refractivity contribution in [2.45, 2.75) is 44.9 Å². The Morgan fingerprint density at radius 2 is 2.22 bits per heavy atom. The fourth-order valence-electron chi connectivity index (χ4n) is 2.80. The average molecular weight is 265 g/mol. The van der Waals surface area contributed by atoms with Gasteiger partial charge in [-0.05, 0) is 25.3 Å². The van der Waals surface area contributed by atoms with E-state index in [1.807, 2.05) is 4.52 Å². The maximum absolute atomic E-state index is 5.85. The van der Waals surface area contributed by atoms with Crippen molar-refractivity contribution in [3.63, 3.8) is 0 Å². The number of fused-ring (bicyclic) bond motifs is 1. The molecule has 0 amide bonds. The van der Waals surface area contributed by atoms with E-state index in [-0.39, 0.29) is 0 Å². The highest BCUT2D eigenvalue weighted by atomic mass is 32.1. The summed E-state index contributed by atoms with van der Waals surface area (Å²) in [5.74, 6) is 2.43. The zero-order chi connectivity index (χ0) is 12.7. The Kier molecular flexibility index (Phi) is 3.07. The summed E-state index contributed by atoms with van der Waals surface area (Å²) >= 11 is 1.67. The van der Waals surface area contributed by atoms with Gasteiger partial charge in [-0.15, -0.1) is 10.2 Å². The normalized spacial score (nSPS) is 24.4. The van der Waals surface area contributed by atoms with Crippen LogP contribution in [-0.2, 0) is 0 Å². The van der Waals surface area contributed by atoms with Crippen LogP contribution >= 0.6 is 11.3 Å². The lowest BCUT2D eigenvalue weighted by molar-refractivity contribution is 0.489. The second kappa shape index (κ2) is 4.59. The third kappa shape index (κ3) is 1.83. The van der Waals surface area contributed by atoms with E-state index in [0.717, 1.165) is 17.3 Å². The van der Waals surface area contributed by atoms with E-state index < -0.39 is 0 Å². The van der Waals surface area contributed by atoms with Crippen LogP contribution in [-0.4, -0.2) is 26.4 Å². The van der Waals surface area contributed by atoms with Gasteiger partial charge in [0.1, 0.15) is 5.01 Å². The quantitative estimate of drug-likeness (QED) is 0.923. The van der Waals surface area contributed by atoms with E-state index >= 15 is 0 Å². The van der Waals surface area contributed by atoms with Crippen molar-refractivity contribution in [2.24, 2.45) is 11.7 Å². The predicted molar refractivity (Wildman–Crippen MR) is 71.9 cm³/mol. The maximum Gasteiger partial charge on any atom is 0.234 e. The summed E-state index contributed by atoms with van der Waals surface area (Å²) in [6, 6.07) is 0. The molecular formula is C12H19N5S. The largest absolute Gasteiger partial charge is 0.330 e. The van der Waals surface area contributed by atoms with Crippen LogP contribution in [0.4, 0.5) is 0 Å². The standard InChI is InChI=1S/C12H19N5S/c1-7(2)10-14-15-12-17(10)16-11(18-12)9-5-3-4-8(9)6-13/h7-9H,3-6,13H2,1-2H3. The van der Waals surface area contributed by atoms with E-state index in [1.165, 1.54) is 24.3 Å². The number of rotatable bonds is 3. The Morgan fingerprint density at radius 3 is 2.94 bits per heavy atom. The first-order chi connectivity index (χ1) is 8.70. The summed E-state index contributed by atoms with van der Waals surface area (Å²) in [5, 5.41) is 14.3. The smallest absolute Gasteiger partial charge is 0.234 e. The zero-order valence-electron chi connectivity index (χ0n) is 10.8.